The van der Waals surface area contributed by atoms with Gasteiger partial charge in [-0.2, -0.15) is 0 Å². The van der Waals surface area contributed by atoms with Gasteiger partial charge in [-0.25, -0.2) is 8.42 Å². The second kappa shape index (κ2) is 8.52. The third-order valence-electron chi connectivity index (χ3n) is 4.25. The first-order valence-corrected chi connectivity index (χ1v) is 10.5. The normalized spacial score (nSPS) is 11.0. The molecule has 0 aliphatic heterocycles. The molecule has 0 atom stereocenters. The van der Waals surface area contributed by atoms with Crippen molar-refractivity contribution in [2.24, 2.45) is 0 Å². The summed E-state index contributed by atoms with van der Waals surface area (Å²) in [5, 5.41) is 14.1. The number of halogens is 1. The fraction of sp³-hybridized carbons (Fsp3) is 0.0500. The van der Waals surface area contributed by atoms with Crippen LogP contribution in [0.2, 0.25) is 5.02 Å². The summed E-state index contributed by atoms with van der Waals surface area (Å²) in [4.78, 5) is 23.0. The minimum absolute atomic E-state index is 0.0639. The van der Waals surface area contributed by atoms with Gasteiger partial charge in [0.25, 0.3) is 21.6 Å². The molecule has 3 aromatic carbocycles. The van der Waals surface area contributed by atoms with E-state index in [0.29, 0.717) is 10.7 Å². The van der Waals surface area contributed by atoms with E-state index >= 15 is 0 Å². The zero-order valence-electron chi connectivity index (χ0n) is 15.6. The smallest absolute Gasteiger partial charge is 0.273 e. The monoisotopic (exact) mass is 445 g/mol. The number of benzene rings is 3. The maximum Gasteiger partial charge on any atom is 0.273 e. The number of sulfonamides is 1. The Bertz CT molecular complexity index is 1230. The maximum absolute atomic E-state index is 12.6. The Morgan fingerprint density at radius 2 is 1.67 bits per heavy atom. The molecule has 0 aromatic heterocycles. The van der Waals surface area contributed by atoms with E-state index in [1.54, 1.807) is 12.1 Å². The van der Waals surface area contributed by atoms with E-state index in [2.05, 4.69) is 10.0 Å². The Morgan fingerprint density at radius 1 is 1.00 bits per heavy atom. The number of anilines is 2. The summed E-state index contributed by atoms with van der Waals surface area (Å²) in [6.07, 6.45) is 0. The van der Waals surface area contributed by atoms with Gasteiger partial charge in [0.2, 0.25) is 0 Å². The van der Waals surface area contributed by atoms with Crippen LogP contribution in [-0.2, 0) is 10.0 Å². The number of nitrogens with zero attached hydrogens (tertiary/aromatic N) is 1. The summed E-state index contributed by atoms with van der Waals surface area (Å²) in [5.74, 6) is -0.587. The van der Waals surface area contributed by atoms with Gasteiger partial charge in [0.15, 0.2) is 0 Å². The third kappa shape index (κ3) is 4.76. The van der Waals surface area contributed by atoms with Crippen molar-refractivity contribution in [3.05, 3.63) is 93.0 Å². The molecule has 0 fully saturated rings. The molecule has 0 spiro atoms. The summed E-state index contributed by atoms with van der Waals surface area (Å²) in [5.41, 5.74) is 0.724. The number of hydrogen-bond acceptors (Lipinski definition) is 5. The molecule has 0 saturated carbocycles. The zero-order chi connectivity index (χ0) is 21.9. The lowest BCUT2D eigenvalue weighted by Crippen LogP contribution is -2.16. The highest BCUT2D eigenvalue weighted by molar-refractivity contribution is 7.92. The van der Waals surface area contributed by atoms with Crippen molar-refractivity contribution in [2.45, 2.75) is 11.8 Å². The van der Waals surface area contributed by atoms with E-state index in [4.69, 9.17) is 11.6 Å². The lowest BCUT2D eigenvalue weighted by atomic mass is 10.1. The van der Waals surface area contributed by atoms with Crippen LogP contribution < -0.4 is 10.0 Å². The van der Waals surface area contributed by atoms with Crippen LogP contribution in [0.3, 0.4) is 0 Å². The van der Waals surface area contributed by atoms with Gasteiger partial charge in [-0.1, -0.05) is 23.7 Å². The van der Waals surface area contributed by atoms with Crippen molar-refractivity contribution in [1.29, 1.82) is 0 Å². The molecule has 3 rings (SSSR count). The van der Waals surface area contributed by atoms with Crippen LogP contribution in [0.5, 0.6) is 0 Å². The molecule has 10 heteroatoms. The van der Waals surface area contributed by atoms with E-state index in [9.17, 15) is 23.3 Å². The molecule has 0 aliphatic carbocycles. The minimum Gasteiger partial charge on any atom is -0.322 e. The average Bonchev–Trinajstić information content (AvgIpc) is 2.69. The van der Waals surface area contributed by atoms with Crippen LogP contribution in [0, 0.1) is 17.0 Å². The van der Waals surface area contributed by atoms with Crippen LogP contribution in [-0.4, -0.2) is 19.2 Å². The summed E-state index contributed by atoms with van der Waals surface area (Å²) in [6, 6.07) is 16.0. The van der Waals surface area contributed by atoms with Gasteiger partial charge in [-0.3, -0.25) is 19.6 Å². The van der Waals surface area contributed by atoms with Crippen molar-refractivity contribution in [1.82, 2.24) is 0 Å². The van der Waals surface area contributed by atoms with E-state index in [-0.39, 0.29) is 27.4 Å². The van der Waals surface area contributed by atoms with Crippen LogP contribution in [0.25, 0.3) is 0 Å². The molecule has 3 aromatic rings. The first-order valence-electron chi connectivity index (χ1n) is 8.61. The van der Waals surface area contributed by atoms with Gasteiger partial charge >= 0.3 is 0 Å². The first-order chi connectivity index (χ1) is 14.2. The van der Waals surface area contributed by atoms with Crippen LogP contribution in [0.4, 0.5) is 17.1 Å². The van der Waals surface area contributed by atoms with Crippen molar-refractivity contribution < 1.29 is 18.1 Å². The molecule has 0 unspecified atom stereocenters. The fourth-order valence-corrected chi connectivity index (χ4v) is 3.97. The number of nitrogens with one attached hydrogen (secondary N) is 2. The Kier molecular flexibility index (Phi) is 6.04. The summed E-state index contributed by atoms with van der Waals surface area (Å²) < 4.78 is 27.7. The van der Waals surface area contributed by atoms with Gasteiger partial charge in [-0.05, 0) is 55.5 Å². The Labute approximate surface area is 177 Å². The molecule has 30 heavy (non-hydrogen) atoms. The fourth-order valence-electron chi connectivity index (χ4n) is 2.74. The van der Waals surface area contributed by atoms with Crippen molar-refractivity contribution in [2.75, 3.05) is 10.0 Å². The van der Waals surface area contributed by atoms with Gasteiger partial charge in [0, 0.05) is 33.6 Å². The predicted octanol–water partition coefficient (Wildman–Crippen LogP) is 4.61. The molecule has 2 N–H and O–H groups in total. The highest BCUT2D eigenvalue weighted by atomic mass is 35.5. The molecule has 154 valence electrons. The number of nitro groups is 1. The van der Waals surface area contributed by atoms with Gasteiger partial charge < -0.3 is 5.32 Å². The van der Waals surface area contributed by atoms with E-state index < -0.39 is 20.9 Å². The van der Waals surface area contributed by atoms with E-state index in [1.807, 2.05) is 0 Å². The van der Waals surface area contributed by atoms with Crippen LogP contribution in [0.1, 0.15) is 15.9 Å². The standard InChI is InChI=1S/C20H16ClN3O5S/c1-13-18(6-3-7-19(13)24(26)27)20(25)22-16-4-2-5-17(12-16)30(28,29)23-15-10-8-14(21)9-11-15/h2-12,23H,1H3,(H,22,25). The SMILES string of the molecule is Cc1c(C(=O)Nc2cccc(S(=O)(=O)Nc3ccc(Cl)cc3)c2)cccc1[N+](=O)[O-]. The molecule has 0 saturated heterocycles. The number of amides is 1. The largest absolute Gasteiger partial charge is 0.322 e. The van der Waals surface area contributed by atoms with Crippen molar-refractivity contribution >= 4 is 44.6 Å². The zero-order valence-corrected chi connectivity index (χ0v) is 17.2. The first kappa shape index (κ1) is 21.3. The molecular formula is C20H16ClN3O5S. The quantitative estimate of drug-likeness (QED) is 0.424. The lowest BCUT2D eigenvalue weighted by Gasteiger charge is -2.11. The number of nitro benzene ring substituents is 1. The average molecular weight is 446 g/mol. The maximum atomic E-state index is 12.6. The van der Waals surface area contributed by atoms with Crippen molar-refractivity contribution in [3.8, 4) is 0 Å². The second-order valence-electron chi connectivity index (χ2n) is 6.30. The van der Waals surface area contributed by atoms with Gasteiger partial charge in [0.05, 0.1) is 9.82 Å². The van der Waals surface area contributed by atoms with Crippen LogP contribution in [0.15, 0.2) is 71.6 Å². The molecule has 0 radical (unpaired) electrons. The van der Waals surface area contributed by atoms with E-state index in [1.165, 1.54) is 61.5 Å². The van der Waals surface area contributed by atoms with E-state index in [0.717, 1.165) is 0 Å². The number of rotatable bonds is 6. The highest BCUT2D eigenvalue weighted by Gasteiger charge is 2.19. The van der Waals surface area contributed by atoms with Gasteiger partial charge in [0.1, 0.15) is 0 Å². The molecule has 1 amide bonds. The Morgan fingerprint density at radius 3 is 2.33 bits per heavy atom. The number of carbonyl (C=O) groups excluding carboxylic acids is 1. The number of hydrogen-bond donors (Lipinski definition) is 2. The predicted molar refractivity (Wildman–Crippen MR) is 114 cm³/mol. The molecular weight excluding hydrogens is 430 g/mol. The Balaban J connectivity index is 1.83. The summed E-state index contributed by atoms with van der Waals surface area (Å²) in [6.45, 7) is 1.48. The lowest BCUT2D eigenvalue weighted by molar-refractivity contribution is -0.385. The molecule has 0 bridgehead atoms. The molecule has 0 aliphatic rings. The summed E-state index contributed by atoms with van der Waals surface area (Å²) >= 11 is 5.80. The van der Waals surface area contributed by atoms with Crippen LogP contribution >= 0.6 is 11.6 Å². The third-order valence-corrected chi connectivity index (χ3v) is 5.88. The van der Waals surface area contributed by atoms with Crippen molar-refractivity contribution in [3.63, 3.8) is 0 Å². The highest BCUT2D eigenvalue weighted by Crippen LogP contribution is 2.24. The van der Waals surface area contributed by atoms with Gasteiger partial charge in [-0.15, -0.1) is 0 Å². The minimum atomic E-state index is -3.91. The Hall–Kier alpha value is -3.43. The molecule has 0 heterocycles. The number of carbonyl (C=O) groups is 1. The summed E-state index contributed by atoms with van der Waals surface area (Å²) in [7, 11) is -3.91. The topological polar surface area (TPSA) is 118 Å². The second-order valence-corrected chi connectivity index (χ2v) is 8.42. The molecule has 8 nitrogen and oxygen atoms in total.